The van der Waals surface area contributed by atoms with Gasteiger partial charge in [-0.15, -0.1) is 11.3 Å². The highest BCUT2D eigenvalue weighted by Gasteiger charge is 2.59. The molecule has 1 fully saturated rings. The summed E-state index contributed by atoms with van der Waals surface area (Å²) in [7, 11) is 1.53. The molecule has 0 unspecified atom stereocenters. The van der Waals surface area contributed by atoms with Crippen molar-refractivity contribution in [3.05, 3.63) is 40.9 Å². The first-order valence-electron chi connectivity index (χ1n) is 9.50. The molecule has 1 saturated heterocycles. The Kier molecular flexibility index (Phi) is 5.02. The fourth-order valence-electron chi connectivity index (χ4n) is 3.93. The molecule has 1 aromatic heterocycles. The summed E-state index contributed by atoms with van der Waals surface area (Å²) < 4.78 is 4.91. The topological polar surface area (TPSA) is 109 Å². The van der Waals surface area contributed by atoms with Crippen molar-refractivity contribution in [1.29, 1.82) is 0 Å². The number of nitrogens with one attached hydrogen (secondary N) is 1. The monoisotopic (exact) mass is 428 g/mol. The number of ether oxygens (including phenoxy) is 1. The Morgan fingerprint density at radius 3 is 2.83 bits per heavy atom. The minimum atomic E-state index is -1.46. The number of carbonyl (C=O) groups excluding carboxylic acids is 4. The number of aromatic nitrogens is 1. The molecule has 3 heterocycles. The van der Waals surface area contributed by atoms with Gasteiger partial charge in [0.05, 0.1) is 30.0 Å². The van der Waals surface area contributed by atoms with Crippen molar-refractivity contribution in [3.63, 3.8) is 0 Å². The van der Waals surface area contributed by atoms with Crippen molar-refractivity contribution in [2.24, 2.45) is 0 Å². The summed E-state index contributed by atoms with van der Waals surface area (Å²) in [5.74, 6) is -1.47. The predicted octanol–water partition coefficient (Wildman–Crippen LogP) is 1.80. The number of rotatable bonds is 5. The van der Waals surface area contributed by atoms with Crippen LogP contribution < -0.4 is 10.2 Å². The van der Waals surface area contributed by atoms with Crippen molar-refractivity contribution in [3.8, 4) is 0 Å². The van der Waals surface area contributed by atoms with E-state index in [0.29, 0.717) is 16.9 Å². The zero-order valence-corrected chi connectivity index (χ0v) is 17.3. The molecular weight excluding hydrogens is 408 g/mol. The van der Waals surface area contributed by atoms with E-state index in [-0.39, 0.29) is 42.8 Å². The number of hydrogen-bond donors (Lipinski definition) is 1. The van der Waals surface area contributed by atoms with Crippen LogP contribution in [0, 0.1) is 0 Å². The summed E-state index contributed by atoms with van der Waals surface area (Å²) in [6, 6.07) is 6.77. The van der Waals surface area contributed by atoms with Crippen LogP contribution in [-0.2, 0) is 25.5 Å². The second-order valence-corrected chi connectivity index (χ2v) is 7.87. The number of anilines is 2. The fourth-order valence-corrected chi connectivity index (χ4v) is 4.64. The van der Waals surface area contributed by atoms with Gasteiger partial charge < -0.3 is 9.64 Å². The summed E-state index contributed by atoms with van der Waals surface area (Å²) in [5, 5.41) is 4.67. The minimum Gasteiger partial charge on any atom is -0.466 e. The van der Waals surface area contributed by atoms with Gasteiger partial charge in [-0.25, -0.2) is 4.98 Å². The van der Waals surface area contributed by atoms with E-state index in [0.717, 1.165) is 11.3 Å². The Balaban J connectivity index is 1.63. The van der Waals surface area contributed by atoms with Gasteiger partial charge >= 0.3 is 5.97 Å². The van der Waals surface area contributed by atoms with Crippen LogP contribution in [-0.4, -0.2) is 52.9 Å². The maximum Gasteiger partial charge on any atom is 0.311 e. The van der Waals surface area contributed by atoms with Gasteiger partial charge in [-0.05, 0) is 19.1 Å². The number of fused-ring (bicyclic) bond motifs is 3. The molecule has 2 aliphatic heterocycles. The van der Waals surface area contributed by atoms with Gasteiger partial charge in [-0.1, -0.05) is 12.1 Å². The number of thiazole rings is 1. The van der Waals surface area contributed by atoms with Crippen LogP contribution in [0.25, 0.3) is 0 Å². The summed E-state index contributed by atoms with van der Waals surface area (Å²) in [6.45, 7) is 2.00. The highest BCUT2D eigenvalue weighted by atomic mass is 32.1. The fraction of sp³-hybridized carbons (Fsp3) is 0.350. The maximum absolute atomic E-state index is 13.4. The Bertz CT molecular complexity index is 1050. The zero-order valence-electron chi connectivity index (χ0n) is 16.5. The SMILES string of the molecule is CCOC(=O)Cc1csc(NC(=O)[C@]23CCC(=O)N2c2ccccc2C(=O)N3C)n1. The van der Waals surface area contributed by atoms with E-state index in [1.54, 1.807) is 36.6 Å². The third-order valence-corrected chi connectivity index (χ3v) is 6.11. The minimum absolute atomic E-state index is 0.00171. The molecule has 0 aliphatic carbocycles. The van der Waals surface area contributed by atoms with Crippen LogP contribution in [0.5, 0.6) is 0 Å². The van der Waals surface area contributed by atoms with Crippen LogP contribution in [0.2, 0.25) is 0 Å². The van der Waals surface area contributed by atoms with Crippen LogP contribution in [0.3, 0.4) is 0 Å². The standard InChI is InChI=1S/C20H20N4O5S/c1-3-29-16(26)10-12-11-30-19(21-12)22-18(28)20-9-8-15(25)24(20)14-7-5-4-6-13(14)17(27)23(20)2/h4-7,11H,3,8-10H2,1-2H3,(H,21,22,28)/t20-/m0/s1. The number of esters is 1. The summed E-state index contributed by atoms with van der Waals surface area (Å²) in [6.07, 6.45) is 0.322. The first-order chi connectivity index (χ1) is 14.4. The molecule has 3 amide bonds. The highest BCUT2D eigenvalue weighted by Crippen LogP contribution is 2.44. The van der Waals surface area contributed by atoms with Crippen molar-refractivity contribution < 1.29 is 23.9 Å². The molecule has 4 rings (SSSR count). The molecule has 10 heteroatoms. The molecule has 2 aromatic rings. The first kappa shape index (κ1) is 20.0. The number of carbonyl (C=O) groups is 4. The number of hydrogen-bond acceptors (Lipinski definition) is 7. The molecule has 2 aliphatic rings. The maximum atomic E-state index is 13.4. The van der Waals surface area contributed by atoms with E-state index in [1.807, 2.05) is 0 Å². The zero-order chi connectivity index (χ0) is 21.5. The molecule has 0 saturated carbocycles. The van der Waals surface area contributed by atoms with Gasteiger partial charge in [0.1, 0.15) is 0 Å². The summed E-state index contributed by atoms with van der Waals surface area (Å²) in [5.41, 5.74) is -0.177. The molecular formula is C20H20N4O5S. The average Bonchev–Trinajstić information content (AvgIpc) is 3.31. The third kappa shape index (κ3) is 3.04. The van der Waals surface area contributed by atoms with E-state index in [1.165, 1.54) is 16.8 Å². The molecule has 1 atom stereocenters. The van der Waals surface area contributed by atoms with E-state index in [2.05, 4.69) is 10.3 Å². The number of para-hydroxylation sites is 1. The van der Waals surface area contributed by atoms with E-state index < -0.39 is 17.5 Å². The highest BCUT2D eigenvalue weighted by molar-refractivity contribution is 7.14. The lowest BCUT2D eigenvalue weighted by atomic mass is 9.96. The first-order valence-corrected chi connectivity index (χ1v) is 10.4. The lowest BCUT2D eigenvalue weighted by molar-refractivity contribution is -0.142. The predicted molar refractivity (Wildman–Crippen MR) is 109 cm³/mol. The lowest BCUT2D eigenvalue weighted by Crippen LogP contribution is -2.68. The number of amides is 3. The van der Waals surface area contributed by atoms with E-state index >= 15 is 0 Å². The van der Waals surface area contributed by atoms with Gasteiger partial charge in [-0.3, -0.25) is 29.4 Å². The quantitative estimate of drug-likeness (QED) is 0.728. The average molecular weight is 428 g/mol. The largest absolute Gasteiger partial charge is 0.466 e. The Morgan fingerprint density at radius 1 is 1.30 bits per heavy atom. The van der Waals surface area contributed by atoms with Gasteiger partial charge in [0.2, 0.25) is 11.6 Å². The van der Waals surface area contributed by atoms with Crippen LogP contribution in [0.1, 0.15) is 35.8 Å². The second kappa shape index (κ2) is 7.52. The summed E-state index contributed by atoms with van der Waals surface area (Å²) >= 11 is 1.16. The molecule has 1 aromatic carbocycles. The molecule has 0 radical (unpaired) electrons. The van der Waals surface area contributed by atoms with E-state index in [4.69, 9.17) is 4.74 Å². The van der Waals surface area contributed by atoms with Crippen molar-refractivity contribution in [2.45, 2.75) is 31.8 Å². The van der Waals surface area contributed by atoms with E-state index in [9.17, 15) is 19.2 Å². The molecule has 9 nitrogen and oxygen atoms in total. The molecule has 0 bridgehead atoms. The molecule has 30 heavy (non-hydrogen) atoms. The van der Waals surface area contributed by atoms with Gasteiger partial charge in [-0.2, -0.15) is 0 Å². The molecule has 1 N–H and O–H groups in total. The smallest absolute Gasteiger partial charge is 0.311 e. The lowest BCUT2D eigenvalue weighted by Gasteiger charge is -2.47. The third-order valence-electron chi connectivity index (χ3n) is 5.31. The molecule has 156 valence electrons. The summed E-state index contributed by atoms with van der Waals surface area (Å²) in [4.78, 5) is 57.7. The second-order valence-electron chi connectivity index (χ2n) is 7.01. The number of likely N-dealkylation sites (N-methyl/N-ethyl adjacent to an activating group) is 1. The molecule has 0 spiro atoms. The van der Waals surface area contributed by atoms with Gasteiger partial charge in [0, 0.05) is 25.3 Å². The van der Waals surface area contributed by atoms with Crippen LogP contribution >= 0.6 is 11.3 Å². The van der Waals surface area contributed by atoms with Crippen LogP contribution in [0.15, 0.2) is 29.6 Å². The van der Waals surface area contributed by atoms with Crippen molar-refractivity contribution in [2.75, 3.05) is 23.9 Å². The Morgan fingerprint density at radius 2 is 2.07 bits per heavy atom. The van der Waals surface area contributed by atoms with Gasteiger partial charge in [0.15, 0.2) is 5.13 Å². The normalized spacial score (nSPS) is 20.1. The van der Waals surface area contributed by atoms with Gasteiger partial charge in [0.25, 0.3) is 11.8 Å². The number of benzene rings is 1. The number of nitrogens with zero attached hydrogens (tertiary/aromatic N) is 3. The van der Waals surface area contributed by atoms with Crippen molar-refractivity contribution >= 4 is 45.8 Å². The Labute approximate surface area is 176 Å². The van der Waals surface area contributed by atoms with Crippen molar-refractivity contribution in [1.82, 2.24) is 9.88 Å². The Hall–Kier alpha value is -3.27. The van der Waals surface area contributed by atoms with Crippen LogP contribution in [0.4, 0.5) is 10.8 Å².